The minimum atomic E-state index is 0.213. The molecule has 0 radical (unpaired) electrons. The minimum absolute atomic E-state index is 0.213. The quantitative estimate of drug-likeness (QED) is 0.799. The van der Waals surface area contributed by atoms with E-state index in [1.54, 1.807) is 0 Å². The Bertz CT molecular complexity index is 269. The van der Waals surface area contributed by atoms with Crippen LogP contribution in [0.1, 0.15) is 31.9 Å². The van der Waals surface area contributed by atoms with Gasteiger partial charge < -0.3 is 5.73 Å². The van der Waals surface area contributed by atoms with Crippen molar-refractivity contribution in [1.29, 1.82) is 0 Å². The molecule has 0 saturated heterocycles. The van der Waals surface area contributed by atoms with Crippen molar-refractivity contribution in [2.45, 2.75) is 40.2 Å². The maximum atomic E-state index is 5.89. The Morgan fingerprint density at radius 2 is 1.93 bits per heavy atom. The van der Waals surface area contributed by atoms with Gasteiger partial charge in [-0.15, -0.1) is 0 Å². The van der Waals surface area contributed by atoms with Crippen LogP contribution in [0, 0.1) is 6.92 Å². The monoisotopic (exact) mass is 213 g/mol. The van der Waals surface area contributed by atoms with Gasteiger partial charge >= 0.3 is 0 Å². The second kappa shape index (κ2) is 6.86. The number of hydrogen-bond donors (Lipinski definition) is 1. The molecule has 1 atom stereocenters. The second-order valence-corrected chi connectivity index (χ2v) is 3.67. The van der Waals surface area contributed by atoms with Gasteiger partial charge in [0.1, 0.15) is 0 Å². The Kier molecular flexibility index (Phi) is 6.60. The molecular weight excluding hydrogens is 194 g/mol. The summed E-state index contributed by atoms with van der Waals surface area (Å²) in [7, 11) is 0. The average Bonchev–Trinajstić information content (AvgIpc) is 2.14. The third kappa shape index (κ3) is 4.64. The van der Waals surface area contributed by atoms with Crippen molar-refractivity contribution in [3.8, 4) is 0 Å². The summed E-state index contributed by atoms with van der Waals surface area (Å²) in [5.74, 6) is 0. The van der Waals surface area contributed by atoms with Crippen LogP contribution in [0.15, 0.2) is 18.2 Å². The van der Waals surface area contributed by atoms with E-state index in [1.807, 2.05) is 39.8 Å². The van der Waals surface area contributed by atoms with Crippen LogP contribution < -0.4 is 5.73 Å². The fourth-order valence-electron chi connectivity index (χ4n) is 1.21. The van der Waals surface area contributed by atoms with E-state index in [-0.39, 0.29) is 6.04 Å². The number of benzene rings is 1. The fraction of sp³-hybridized carbons (Fsp3) is 0.500. The second-order valence-electron chi connectivity index (χ2n) is 3.26. The van der Waals surface area contributed by atoms with Crippen LogP contribution >= 0.6 is 11.6 Å². The van der Waals surface area contributed by atoms with Gasteiger partial charge in [0.2, 0.25) is 0 Å². The molecule has 0 aliphatic carbocycles. The Morgan fingerprint density at radius 3 is 2.36 bits per heavy atom. The molecule has 1 aromatic carbocycles. The van der Waals surface area contributed by atoms with Crippen molar-refractivity contribution in [2.75, 3.05) is 0 Å². The summed E-state index contributed by atoms with van der Waals surface area (Å²) in [5, 5.41) is 0.823. The lowest BCUT2D eigenvalue weighted by Crippen LogP contribution is -2.17. The SMILES string of the molecule is CC.Cc1cc(CC(C)N)ccc1Cl. The Balaban J connectivity index is 0.000000791. The highest BCUT2D eigenvalue weighted by Crippen LogP contribution is 2.16. The van der Waals surface area contributed by atoms with Crippen molar-refractivity contribution in [1.82, 2.24) is 0 Å². The van der Waals surface area contributed by atoms with Gasteiger partial charge in [-0.1, -0.05) is 37.6 Å². The van der Waals surface area contributed by atoms with Gasteiger partial charge in [-0.05, 0) is 37.5 Å². The van der Waals surface area contributed by atoms with E-state index < -0.39 is 0 Å². The van der Waals surface area contributed by atoms with Crippen molar-refractivity contribution in [3.63, 3.8) is 0 Å². The fourth-order valence-corrected chi connectivity index (χ4v) is 1.32. The van der Waals surface area contributed by atoms with Gasteiger partial charge in [-0.25, -0.2) is 0 Å². The van der Waals surface area contributed by atoms with E-state index in [0.717, 1.165) is 17.0 Å². The summed E-state index contributed by atoms with van der Waals surface area (Å²) in [5.41, 5.74) is 8.06. The predicted octanol–water partition coefficient (Wildman–Crippen LogP) is 3.56. The molecule has 2 heteroatoms. The zero-order valence-corrected chi connectivity index (χ0v) is 10.2. The normalized spacial score (nSPS) is 11.6. The maximum Gasteiger partial charge on any atom is 0.0435 e. The lowest BCUT2D eigenvalue weighted by Gasteiger charge is -2.06. The van der Waals surface area contributed by atoms with Gasteiger partial charge in [-0.2, -0.15) is 0 Å². The summed E-state index contributed by atoms with van der Waals surface area (Å²) in [6.45, 7) is 8.01. The number of aryl methyl sites for hydroxylation is 1. The van der Waals surface area contributed by atoms with Crippen LogP contribution in [0.4, 0.5) is 0 Å². The molecule has 1 unspecified atom stereocenters. The van der Waals surface area contributed by atoms with E-state index in [9.17, 15) is 0 Å². The van der Waals surface area contributed by atoms with Crippen molar-refractivity contribution >= 4 is 11.6 Å². The predicted molar refractivity (Wildman–Crippen MR) is 64.9 cm³/mol. The first-order valence-corrected chi connectivity index (χ1v) is 5.48. The summed E-state index contributed by atoms with van der Waals surface area (Å²) in [6.07, 6.45) is 0.915. The molecule has 0 aliphatic rings. The van der Waals surface area contributed by atoms with E-state index in [0.29, 0.717) is 0 Å². The van der Waals surface area contributed by atoms with E-state index in [2.05, 4.69) is 6.07 Å². The Hall–Kier alpha value is -0.530. The molecule has 0 spiro atoms. The lowest BCUT2D eigenvalue weighted by molar-refractivity contribution is 0.738. The van der Waals surface area contributed by atoms with Crippen molar-refractivity contribution in [2.24, 2.45) is 5.73 Å². The van der Waals surface area contributed by atoms with Gasteiger partial charge in [0, 0.05) is 11.1 Å². The summed E-state index contributed by atoms with van der Waals surface area (Å²) in [4.78, 5) is 0. The summed E-state index contributed by atoms with van der Waals surface area (Å²) < 4.78 is 0. The molecule has 14 heavy (non-hydrogen) atoms. The first-order chi connectivity index (χ1) is 6.59. The Labute approximate surface area is 92.3 Å². The van der Waals surface area contributed by atoms with Crippen molar-refractivity contribution < 1.29 is 0 Å². The zero-order chi connectivity index (χ0) is 11.1. The van der Waals surface area contributed by atoms with Crippen LogP contribution in [0.3, 0.4) is 0 Å². The van der Waals surface area contributed by atoms with Crippen LogP contribution in [0.25, 0.3) is 0 Å². The number of halogens is 1. The first-order valence-electron chi connectivity index (χ1n) is 5.10. The molecule has 1 nitrogen and oxygen atoms in total. The molecule has 80 valence electrons. The van der Waals surface area contributed by atoms with Gasteiger partial charge in [-0.3, -0.25) is 0 Å². The molecule has 0 amide bonds. The zero-order valence-electron chi connectivity index (χ0n) is 9.47. The van der Waals surface area contributed by atoms with Crippen molar-refractivity contribution in [3.05, 3.63) is 34.3 Å². The van der Waals surface area contributed by atoms with Crippen LogP contribution in [0.5, 0.6) is 0 Å². The largest absolute Gasteiger partial charge is 0.328 e. The topological polar surface area (TPSA) is 26.0 Å². The van der Waals surface area contributed by atoms with E-state index in [1.165, 1.54) is 5.56 Å². The number of hydrogen-bond acceptors (Lipinski definition) is 1. The highest BCUT2D eigenvalue weighted by molar-refractivity contribution is 6.31. The molecule has 0 aliphatic heterocycles. The van der Waals surface area contributed by atoms with Gasteiger partial charge in [0.05, 0.1) is 0 Å². The minimum Gasteiger partial charge on any atom is -0.328 e. The van der Waals surface area contributed by atoms with Gasteiger partial charge in [0.15, 0.2) is 0 Å². The molecule has 2 N–H and O–H groups in total. The smallest absolute Gasteiger partial charge is 0.0435 e. The van der Waals surface area contributed by atoms with E-state index >= 15 is 0 Å². The summed E-state index contributed by atoms with van der Waals surface area (Å²) in [6, 6.07) is 6.25. The first kappa shape index (κ1) is 13.5. The highest BCUT2D eigenvalue weighted by atomic mass is 35.5. The van der Waals surface area contributed by atoms with E-state index in [4.69, 9.17) is 17.3 Å². The molecule has 0 bridgehead atoms. The molecule has 0 saturated carbocycles. The molecule has 0 fully saturated rings. The third-order valence-electron chi connectivity index (χ3n) is 1.78. The number of nitrogens with two attached hydrogens (primary N) is 1. The molecule has 1 rings (SSSR count). The molecular formula is C12H20ClN. The van der Waals surface area contributed by atoms with Crippen LogP contribution in [-0.2, 0) is 6.42 Å². The standard InChI is InChI=1S/C10H14ClN.C2H6/c1-7-5-9(6-8(2)12)3-4-10(7)11;1-2/h3-5,8H,6,12H2,1-2H3;1-2H3. The van der Waals surface area contributed by atoms with Crippen LogP contribution in [-0.4, -0.2) is 6.04 Å². The molecule has 0 aromatic heterocycles. The summed E-state index contributed by atoms with van der Waals surface area (Å²) >= 11 is 5.89. The maximum absolute atomic E-state index is 5.89. The number of rotatable bonds is 2. The third-order valence-corrected chi connectivity index (χ3v) is 2.20. The Morgan fingerprint density at radius 1 is 1.36 bits per heavy atom. The lowest BCUT2D eigenvalue weighted by atomic mass is 10.1. The molecule has 1 aromatic rings. The molecule has 0 heterocycles. The average molecular weight is 214 g/mol. The highest BCUT2D eigenvalue weighted by Gasteiger charge is 1.99. The van der Waals surface area contributed by atoms with Gasteiger partial charge in [0.25, 0.3) is 0 Å². The van der Waals surface area contributed by atoms with Crippen LogP contribution in [0.2, 0.25) is 5.02 Å².